The molecule has 0 bridgehead atoms. The van der Waals surface area contributed by atoms with Crippen LogP contribution in [0.5, 0.6) is 0 Å². The summed E-state index contributed by atoms with van der Waals surface area (Å²) >= 11 is 0. The van der Waals surface area contributed by atoms with E-state index in [4.69, 9.17) is 4.74 Å². The maximum atomic E-state index is 10.4. The highest BCUT2D eigenvalue weighted by atomic mass is 16.5. The summed E-state index contributed by atoms with van der Waals surface area (Å²) < 4.78 is 5.31. The second-order valence-corrected chi connectivity index (χ2v) is 3.34. The molecule has 0 radical (unpaired) electrons. The molecule has 4 heteroatoms. The quantitative estimate of drug-likeness (QED) is 0.711. The number of aldehydes is 1. The number of nitrogens with zero attached hydrogens (tertiary/aromatic N) is 1. The number of methoxy groups -OCH3 is 1. The minimum Gasteiger partial charge on any atom is -0.373 e. The summed E-state index contributed by atoms with van der Waals surface area (Å²) in [4.78, 5) is 17.4. The molecule has 1 aliphatic carbocycles. The fourth-order valence-electron chi connectivity index (χ4n) is 1.48. The van der Waals surface area contributed by atoms with Crippen LogP contribution in [-0.2, 0) is 4.74 Å². The van der Waals surface area contributed by atoms with Crippen LogP contribution in [0.15, 0.2) is 6.20 Å². The highest BCUT2D eigenvalue weighted by Gasteiger charge is 2.34. The minimum atomic E-state index is 0.0358. The molecule has 1 unspecified atom stereocenters. The Morgan fingerprint density at radius 1 is 1.77 bits per heavy atom. The maximum Gasteiger partial charge on any atom is 0.167 e. The average molecular weight is 180 g/mol. The van der Waals surface area contributed by atoms with Gasteiger partial charge in [-0.15, -0.1) is 0 Å². The van der Waals surface area contributed by atoms with Crippen molar-refractivity contribution in [3.05, 3.63) is 17.7 Å². The fourth-order valence-corrected chi connectivity index (χ4v) is 1.48. The van der Waals surface area contributed by atoms with Crippen molar-refractivity contribution in [3.8, 4) is 0 Å². The SMILES string of the molecule is COC(c1ncc(C=O)[nH]1)C1CC1. The maximum absolute atomic E-state index is 10.4. The van der Waals surface area contributed by atoms with Crippen LogP contribution in [0.3, 0.4) is 0 Å². The van der Waals surface area contributed by atoms with Gasteiger partial charge in [-0.2, -0.15) is 0 Å². The van der Waals surface area contributed by atoms with E-state index in [9.17, 15) is 4.79 Å². The smallest absolute Gasteiger partial charge is 0.167 e. The van der Waals surface area contributed by atoms with Gasteiger partial charge in [0.15, 0.2) is 6.29 Å². The number of rotatable bonds is 4. The van der Waals surface area contributed by atoms with Crippen LogP contribution in [-0.4, -0.2) is 23.4 Å². The molecule has 1 atom stereocenters. The summed E-state index contributed by atoms with van der Waals surface area (Å²) in [7, 11) is 1.67. The van der Waals surface area contributed by atoms with Gasteiger partial charge in [0.05, 0.1) is 11.9 Å². The van der Waals surface area contributed by atoms with Crippen molar-refractivity contribution in [2.45, 2.75) is 18.9 Å². The van der Waals surface area contributed by atoms with Gasteiger partial charge in [-0.25, -0.2) is 4.98 Å². The molecule has 1 heterocycles. The summed E-state index contributed by atoms with van der Waals surface area (Å²) in [5.41, 5.74) is 0.512. The van der Waals surface area contributed by atoms with Crippen molar-refractivity contribution in [3.63, 3.8) is 0 Å². The Hall–Kier alpha value is -1.16. The number of imidazole rings is 1. The lowest BCUT2D eigenvalue weighted by molar-refractivity contribution is 0.0778. The van der Waals surface area contributed by atoms with Gasteiger partial charge in [0.25, 0.3) is 0 Å². The number of aromatic amines is 1. The van der Waals surface area contributed by atoms with Gasteiger partial charge in [0.2, 0.25) is 0 Å². The Bertz CT molecular complexity index is 304. The molecule has 0 amide bonds. The molecule has 1 fully saturated rings. The van der Waals surface area contributed by atoms with Gasteiger partial charge < -0.3 is 9.72 Å². The molecule has 1 aromatic heterocycles. The van der Waals surface area contributed by atoms with E-state index >= 15 is 0 Å². The zero-order valence-corrected chi connectivity index (χ0v) is 7.49. The third kappa shape index (κ3) is 1.62. The van der Waals surface area contributed by atoms with Crippen molar-refractivity contribution < 1.29 is 9.53 Å². The van der Waals surface area contributed by atoms with E-state index in [1.54, 1.807) is 7.11 Å². The van der Waals surface area contributed by atoms with Crippen molar-refractivity contribution in [1.82, 2.24) is 9.97 Å². The number of carbonyl (C=O) groups is 1. The number of hydrogen-bond donors (Lipinski definition) is 1. The molecule has 0 aliphatic heterocycles. The Labute approximate surface area is 76.3 Å². The number of ether oxygens (including phenoxy) is 1. The van der Waals surface area contributed by atoms with E-state index < -0.39 is 0 Å². The van der Waals surface area contributed by atoms with Gasteiger partial charge in [0.1, 0.15) is 11.9 Å². The van der Waals surface area contributed by atoms with Crippen LogP contribution in [0.2, 0.25) is 0 Å². The van der Waals surface area contributed by atoms with E-state index in [2.05, 4.69) is 9.97 Å². The zero-order chi connectivity index (χ0) is 9.26. The second kappa shape index (κ2) is 3.30. The van der Waals surface area contributed by atoms with Gasteiger partial charge in [-0.1, -0.05) is 0 Å². The van der Waals surface area contributed by atoms with Crippen molar-refractivity contribution >= 4 is 6.29 Å². The molecule has 1 saturated carbocycles. The molecule has 0 aromatic carbocycles. The Morgan fingerprint density at radius 3 is 3.00 bits per heavy atom. The number of carbonyl (C=O) groups excluding carboxylic acids is 1. The summed E-state index contributed by atoms with van der Waals surface area (Å²) in [5.74, 6) is 1.35. The summed E-state index contributed by atoms with van der Waals surface area (Å²) in [6.07, 6.45) is 4.71. The van der Waals surface area contributed by atoms with Crippen molar-refractivity contribution in [2.24, 2.45) is 5.92 Å². The van der Waals surface area contributed by atoms with Crippen LogP contribution in [0.1, 0.15) is 35.3 Å². The van der Waals surface area contributed by atoms with Gasteiger partial charge in [0, 0.05) is 7.11 Å². The average Bonchev–Trinajstić information content (AvgIpc) is 2.85. The highest BCUT2D eigenvalue weighted by molar-refractivity contribution is 5.71. The molecule has 1 aliphatic rings. The molecular formula is C9H12N2O2. The van der Waals surface area contributed by atoms with E-state index in [1.807, 2.05) is 0 Å². The normalized spacial score (nSPS) is 18.5. The van der Waals surface area contributed by atoms with Crippen LogP contribution in [0.25, 0.3) is 0 Å². The van der Waals surface area contributed by atoms with Crippen LogP contribution in [0, 0.1) is 5.92 Å². The van der Waals surface area contributed by atoms with E-state index in [0.29, 0.717) is 11.6 Å². The standard InChI is InChI=1S/C9H12N2O2/c1-13-8(6-2-3-6)9-10-4-7(5-12)11-9/h4-6,8H,2-3H2,1H3,(H,10,11). The molecule has 0 spiro atoms. The van der Waals surface area contributed by atoms with Crippen LogP contribution >= 0.6 is 0 Å². The van der Waals surface area contributed by atoms with E-state index in [0.717, 1.165) is 12.1 Å². The predicted octanol–water partition coefficient (Wildman–Crippen LogP) is 1.32. The van der Waals surface area contributed by atoms with Crippen molar-refractivity contribution in [1.29, 1.82) is 0 Å². The second-order valence-electron chi connectivity index (χ2n) is 3.34. The van der Waals surface area contributed by atoms with Gasteiger partial charge in [-0.3, -0.25) is 4.79 Å². The first kappa shape index (κ1) is 8.44. The highest BCUT2D eigenvalue weighted by Crippen LogP contribution is 2.41. The molecule has 13 heavy (non-hydrogen) atoms. The van der Waals surface area contributed by atoms with E-state index in [1.165, 1.54) is 19.0 Å². The number of nitrogens with one attached hydrogen (secondary N) is 1. The lowest BCUT2D eigenvalue weighted by Gasteiger charge is -2.10. The molecule has 70 valence electrons. The van der Waals surface area contributed by atoms with Crippen LogP contribution < -0.4 is 0 Å². The Morgan fingerprint density at radius 2 is 2.54 bits per heavy atom. The van der Waals surface area contributed by atoms with Gasteiger partial charge in [-0.05, 0) is 18.8 Å². The third-order valence-electron chi connectivity index (χ3n) is 2.32. The molecule has 2 rings (SSSR count). The first-order valence-electron chi connectivity index (χ1n) is 4.38. The predicted molar refractivity (Wildman–Crippen MR) is 46.4 cm³/mol. The topological polar surface area (TPSA) is 55.0 Å². The first-order valence-corrected chi connectivity index (χ1v) is 4.38. The lowest BCUT2D eigenvalue weighted by atomic mass is 10.2. The monoisotopic (exact) mass is 180 g/mol. The largest absolute Gasteiger partial charge is 0.373 e. The zero-order valence-electron chi connectivity index (χ0n) is 7.49. The molecule has 1 N–H and O–H groups in total. The van der Waals surface area contributed by atoms with Crippen LogP contribution in [0.4, 0.5) is 0 Å². The number of aromatic nitrogens is 2. The van der Waals surface area contributed by atoms with Gasteiger partial charge >= 0.3 is 0 Å². The molecule has 4 nitrogen and oxygen atoms in total. The molecule has 0 saturated heterocycles. The summed E-state index contributed by atoms with van der Waals surface area (Å²) in [6.45, 7) is 0. The summed E-state index contributed by atoms with van der Waals surface area (Å²) in [6, 6.07) is 0. The molecule has 1 aromatic rings. The fraction of sp³-hybridized carbons (Fsp3) is 0.556. The minimum absolute atomic E-state index is 0.0358. The third-order valence-corrected chi connectivity index (χ3v) is 2.32. The lowest BCUT2D eigenvalue weighted by Crippen LogP contribution is -2.05. The Balaban J connectivity index is 2.16. The van der Waals surface area contributed by atoms with Crippen molar-refractivity contribution in [2.75, 3.05) is 7.11 Å². The van der Waals surface area contributed by atoms with E-state index in [-0.39, 0.29) is 6.10 Å². The summed E-state index contributed by atoms with van der Waals surface area (Å²) in [5, 5.41) is 0. The number of H-pyrrole nitrogens is 1. The Kier molecular flexibility index (Phi) is 2.14. The first-order chi connectivity index (χ1) is 6.35. The number of hydrogen-bond acceptors (Lipinski definition) is 3. The molecular weight excluding hydrogens is 168 g/mol.